The lowest BCUT2D eigenvalue weighted by Gasteiger charge is -1.98. The molecule has 1 aromatic carbocycles. The Morgan fingerprint density at radius 1 is 1.26 bits per heavy atom. The van der Waals surface area contributed by atoms with Gasteiger partial charge in [-0.15, -0.1) is 5.10 Å². The molecule has 0 aliphatic carbocycles. The summed E-state index contributed by atoms with van der Waals surface area (Å²) in [5.74, 6) is 0.655. The van der Waals surface area contributed by atoms with Gasteiger partial charge in [0.15, 0.2) is 5.82 Å². The van der Waals surface area contributed by atoms with Gasteiger partial charge in [-0.25, -0.2) is 9.97 Å². The van der Waals surface area contributed by atoms with Gasteiger partial charge in [0.1, 0.15) is 6.33 Å². The first-order chi connectivity index (χ1) is 9.24. The Bertz CT molecular complexity index is 775. The van der Waals surface area contributed by atoms with Crippen LogP contribution in [0.2, 0.25) is 0 Å². The predicted molar refractivity (Wildman–Crippen MR) is 69.6 cm³/mol. The number of nitrogens with zero attached hydrogens (tertiary/aromatic N) is 4. The first kappa shape index (κ1) is 11.1. The van der Waals surface area contributed by atoms with E-state index in [1.54, 1.807) is 12.1 Å². The third kappa shape index (κ3) is 2.08. The van der Waals surface area contributed by atoms with Gasteiger partial charge < -0.3 is 10.7 Å². The van der Waals surface area contributed by atoms with Crippen LogP contribution >= 0.6 is 0 Å². The second-order valence-corrected chi connectivity index (χ2v) is 3.88. The summed E-state index contributed by atoms with van der Waals surface area (Å²) < 4.78 is 1.33. The summed E-state index contributed by atoms with van der Waals surface area (Å²) in [6.45, 7) is 0. The molecule has 0 saturated carbocycles. The maximum absolute atomic E-state index is 11.6. The molecule has 0 atom stereocenters. The summed E-state index contributed by atoms with van der Waals surface area (Å²) in [6.07, 6.45) is 4.39. The Kier molecular flexibility index (Phi) is 2.57. The number of aromatic amines is 1. The number of rotatable bonds is 2. The molecular formula is C12H10N6O. The molecule has 19 heavy (non-hydrogen) atoms. The van der Waals surface area contributed by atoms with Crippen molar-refractivity contribution in [1.29, 1.82) is 0 Å². The van der Waals surface area contributed by atoms with Crippen LogP contribution in [0.15, 0.2) is 47.8 Å². The number of nitrogens with one attached hydrogen (secondary N) is 1. The number of nitrogens with two attached hydrogens (primary N) is 1. The van der Waals surface area contributed by atoms with E-state index in [4.69, 9.17) is 5.73 Å². The van der Waals surface area contributed by atoms with Crippen LogP contribution < -0.4 is 11.3 Å². The molecule has 94 valence electrons. The summed E-state index contributed by atoms with van der Waals surface area (Å²) >= 11 is 0. The van der Waals surface area contributed by atoms with Crippen LogP contribution in [0, 0.1) is 0 Å². The van der Waals surface area contributed by atoms with Crippen LogP contribution in [-0.4, -0.2) is 24.7 Å². The van der Waals surface area contributed by atoms with Gasteiger partial charge in [-0.2, -0.15) is 4.68 Å². The number of hydrogen-bond acceptors (Lipinski definition) is 5. The van der Waals surface area contributed by atoms with E-state index >= 15 is 0 Å². The molecule has 0 saturated heterocycles. The Morgan fingerprint density at radius 2 is 2.16 bits per heavy atom. The van der Waals surface area contributed by atoms with Crippen molar-refractivity contribution in [2.75, 3.05) is 5.73 Å². The minimum Gasteiger partial charge on any atom is -0.399 e. The van der Waals surface area contributed by atoms with Crippen molar-refractivity contribution in [3.05, 3.63) is 53.3 Å². The van der Waals surface area contributed by atoms with Crippen molar-refractivity contribution in [3.8, 4) is 17.2 Å². The minimum absolute atomic E-state index is 0.171. The van der Waals surface area contributed by atoms with E-state index in [0.29, 0.717) is 11.5 Å². The topological polar surface area (TPSA) is 102 Å². The molecular weight excluding hydrogens is 244 g/mol. The highest BCUT2D eigenvalue weighted by molar-refractivity contribution is 5.60. The van der Waals surface area contributed by atoms with E-state index in [1.165, 1.54) is 23.4 Å². The van der Waals surface area contributed by atoms with Gasteiger partial charge in [-0.05, 0) is 12.1 Å². The van der Waals surface area contributed by atoms with E-state index in [0.717, 1.165) is 5.56 Å². The molecule has 0 spiro atoms. The standard InChI is InChI=1S/C12H10N6O/c13-9-3-1-2-8(6-9)10-16-7-18(17-10)11-12(19)15-5-4-14-11/h1-7H,13H2,(H,15,19). The number of H-pyrrole nitrogens is 1. The zero-order valence-electron chi connectivity index (χ0n) is 9.82. The first-order valence-corrected chi connectivity index (χ1v) is 5.56. The smallest absolute Gasteiger partial charge is 0.293 e. The molecule has 2 heterocycles. The average molecular weight is 254 g/mol. The van der Waals surface area contributed by atoms with Crippen molar-refractivity contribution in [2.24, 2.45) is 0 Å². The maximum Gasteiger partial charge on any atom is 0.293 e. The quantitative estimate of drug-likeness (QED) is 0.652. The van der Waals surface area contributed by atoms with E-state index in [2.05, 4.69) is 20.1 Å². The molecule has 0 amide bonds. The Hall–Kier alpha value is -2.96. The van der Waals surface area contributed by atoms with E-state index in [9.17, 15) is 4.79 Å². The highest BCUT2D eigenvalue weighted by atomic mass is 16.1. The monoisotopic (exact) mass is 254 g/mol. The third-order valence-corrected chi connectivity index (χ3v) is 2.54. The van der Waals surface area contributed by atoms with E-state index in [-0.39, 0.29) is 11.4 Å². The van der Waals surface area contributed by atoms with Crippen LogP contribution in [0.4, 0.5) is 5.69 Å². The summed E-state index contributed by atoms with van der Waals surface area (Å²) in [5.41, 5.74) is 6.79. The fraction of sp³-hybridized carbons (Fsp3) is 0. The predicted octanol–water partition coefficient (Wildman–Crippen LogP) is 0.600. The van der Waals surface area contributed by atoms with Crippen LogP contribution in [0.25, 0.3) is 17.2 Å². The summed E-state index contributed by atoms with van der Waals surface area (Å²) in [7, 11) is 0. The van der Waals surface area contributed by atoms with Crippen molar-refractivity contribution < 1.29 is 0 Å². The Morgan fingerprint density at radius 3 is 2.95 bits per heavy atom. The van der Waals surface area contributed by atoms with E-state index in [1.807, 2.05) is 12.1 Å². The summed E-state index contributed by atoms with van der Waals surface area (Å²) in [5, 5.41) is 4.22. The van der Waals surface area contributed by atoms with Gasteiger partial charge in [-0.3, -0.25) is 4.79 Å². The van der Waals surface area contributed by atoms with Crippen molar-refractivity contribution in [2.45, 2.75) is 0 Å². The molecule has 7 nitrogen and oxygen atoms in total. The van der Waals surface area contributed by atoms with Crippen LogP contribution in [0.1, 0.15) is 0 Å². The molecule has 3 aromatic rings. The third-order valence-electron chi connectivity index (χ3n) is 2.54. The highest BCUT2D eigenvalue weighted by Gasteiger charge is 2.08. The van der Waals surface area contributed by atoms with Gasteiger partial charge in [0.05, 0.1) is 0 Å². The summed E-state index contributed by atoms with van der Waals surface area (Å²) in [4.78, 5) is 22.2. The SMILES string of the molecule is Nc1cccc(-c2ncn(-c3ncc[nH]c3=O)n2)c1. The van der Waals surface area contributed by atoms with Gasteiger partial charge in [0.2, 0.25) is 5.82 Å². The highest BCUT2D eigenvalue weighted by Crippen LogP contribution is 2.17. The molecule has 0 unspecified atom stereocenters. The van der Waals surface area contributed by atoms with Gasteiger partial charge in [0.25, 0.3) is 5.56 Å². The van der Waals surface area contributed by atoms with Gasteiger partial charge in [0, 0.05) is 23.6 Å². The number of hydrogen-bond donors (Lipinski definition) is 2. The lowest BCUT2D eigenvalue weighted by Crippen LogP contribution is -2.16. The average Bonchev–Trinajstić information content (AvgIpc) is 2.89. The van der Waals surface area contributed by atoms with Gasteiger partial charge >= 0.3 is 0 Å². The molecule has 0 bridgehead atoms. The normalized spacial score (nSPS) is 10.5. The molecule has 3 N–H and O–H groups in total. The maximum atomic E-state index is 11.6. The molecule has 2 aromatic heterocycles. The lowest BCUT2D eigenvalue weighted by atomic mass is 10.2. The van der Waals surface area contributed by atoms with Crippen LogP contribution in [0.5, 0.6) is 0 Å². The Labute approximate surface area is 107 Å². The molecule has 0 aliphatic heterocycles. The number of aromatic nitrogens is 5. The van der Waals surface area contributed by atoms with E-state index < -0.39 is 0 Å². The molecule has 0 fully saturated rings. The number of nitrogen functional groups attached to an aromatic ring is 1. The molecule has 7 heteroatoms. The minimum atomic E-state index is -0.327. The first-order valence-electron chi connectivity index (χ1n) is 5.56. The molecule has 0 radical (unpaired) electrons. The second kappa shape index (κ2) is 4.37. The van der Waals surface area contributed by atoms with Gasteiger partial charge in [-0.1, -0.05) is 12.1 Å². The lowest BCUT2D eigenvalue weighted by molar-refractivity contribution is 0.825. The largest absolute Gasteiger partial charge is 0.399 e. The Balaban J connectivity index is 2.05. The zero-order chi connectivity index (χ0) is 13.2. The molecule has 3 rings (SSSR count). The fourth-order valence-corrected chi connectivity index (χ4v) is 1.68. The van der Waals surface area contributed by atoms with Crippen molar-refractivity contribution >= 4 is 5.69 Å². The van der Waals surface area contributed by atoms with Crippen LogP contribution in [0.3, 0.4) is 0 Å². The number of benzene rings is 1. The fourth-order valence-electron chi connectivity index (χ4n) is 1.68. The van der Waals surface area contributed by atoms with Crippen LogP contribution in [-0.2, 0) is 0 Å². The van der Waals surface area contributed by atoms with Crippen molar-refractivity contribution in [1.82, 2.24) is 24.7 Å². The van der Waals surface area contributed by atoms with Crippen molar-refractivity contribution in [3.63, 3.8) is 0 Å². The molecule has 0 aliphatic rings. The number of anilines is 1. The summed E-state index contributed by atoms with van der Waals surface area (Å²) in [6, 6.07) is 7.21. The zero-order valence-corrected chi connectivity index (χ0v) is 9.82. The second-order valence-electron chi connectivity index (χ2n) is 3.88.